The van der Waals surface area contributed by atoms with Crippen LogP contribution in [0.15, 0.2) is 54.4 Å². The van der Waals surface area contributed by atoms with E-state index in [9.17, 15) is 0 Å². The summed E-state index contributed by atoms with van der Waals surface area (Å²) in [5.41, 5.74) is 6.22. The van der Waals surface area contributed by atoms with Crippen molar-refractivity contribution in [2.24, 2.45) is 0 Å². The molecule has 0 saturated heterocycles. The molecule has 3 N–H and O–H groups in total. The molecule has 1 aromatic carbocycles. The first kappa shape index (κ1) is 26.9. The predicted molar refractivity (Wildman–Crippen MR) is 149 cm³/mol. The number of nitrogens with zero attached hydrogens (tertiary/aromatic N) is 2. The van der Waals surface area contributed by atoms with E-state index < -0.39 is 0 Å². The first-order valence-electron chi connectivity index (χ1n) is 13.8. The fraction of sp³-hybridized carbons (Fsp3) is 0.533. The third kappa shape index (κ3) is 9.48. The summed E-state index contributed by atoms with van der Waals surface area (Å²) < 4.78 is 0. The van der Waals surface area contributed by atoms with Gasteiger partial charge in [0.05, 0.1) is 5.69 Å². The van der Waals surface area contributed by atoms with Crippen molar-refractivity contribution in [1.29, 1.82) is 0 Å². The van der Waals surface area contributed by atoms with Gasteiger partial charge in [0.1, 0.15) is 0 Å². The maximum Gasteiger partial charge on any atom is 0.227 e. The van der Waals surface area contributed by atoms with Crippen molar-refractivity contribution >= 4 is 11.6 Å². The third-order valence-corrected chi connectivity index (χ3v) is 6.60. The van der Waals surface area contributed by atoms with Gasteiger partial charge in [-0.2, -0.15) is 0 Å². The molecular weight excluding hydrogens is 430 g/mol. The van der Waals surface area contributed by atoms with Gasteiger partial charge in [-0.3, -0.25) is 0 Å². The van der Waals surface area contributed by atoms with Crippen LogP contribution < -0.4 is 16.0 Å². The molecular formula is C30H45N5. The van der Waals surface area contributed by atoms with Crippen LogP contribution in [0.25, 0.3) is 0 Å². The van der Waals surface area contributed by atoms with E-state index in [2.05, 4.69) is 78.1 Å². The Morgan fingerprint density at radius 2 is 1.83 bits per heavy atom. The molecule has 0 bridgehead atoms. The Morgan fingerprint density at radius 1 is 0.971 bits per heavy atom. The number of nitrogens with one attached hydrogen (secondary N) is 3. The molecule has 1 aliphatic rings. The Morgan fingerprint density at radius 3 is 2.57 bits per heavy atom. The number of aromatic nitrogens is 2. The van der Waals surface area contributed by atoms with Crippen LogP contribution in [-0.2, 0) is 19.4 Å². The molecule has 0 aliphatic heterocycles. The Hall–Kier alpha value is -2.66. The van der Waals surface area contributed by atoms with Crippen LogP contribution >= 0.6 is 0 Å². The lowest BCUT2D eigenvalue weighted by molar-refractivity contribution is 0.440. The van der Waals surface area contributed by atoms with Crippen molar-refractivity contribution in [3.05, 3.63) is 71.2 Å². The standard InChI is InChI=1S/C30H45N5/c1-4-12-26(13-5-2)33-23-29-19-21-32-30(35-29)34-28-18-17-24(6-3)25(22-28)14-10-11-20-31-27-15-8-7-9-16-27/h8,15-19,21-22,26,31,33H,4-7,9-14,20,23H2,1-3H3,(H,32,34,35). The van der Waals surface area contributed by atoms with Crippen LogP contribution in [0.2, 0.25) is 0 Å². The molecule has 0 radical (unpaired) electrons. The zero-order valence-corrected chi connectivity index (χ0v) is 22.1. The topological polar surface area (TPSA) is 61.9 Å². The van der Waals surface area contributed by atoms with Gasteiger partial charge in [-0.15, -0.1) is 0 Å². The van der Waals surface area contributed by atoms with E-state index in [4.69, 9.17) is 4.98 Å². The molecule has 2 aromatic rings. The summed E-state index contributed by atoms with van der Waals surface area (Å²) in [5.74, 6) is 0.667. The number of hydrogen-bond donors (Lipinski definition) is 3. The van der Waals surface area contributed by atoms with Crippen LogP contribution in [0.3, 0.4) is 0 Å². The highest BCUT2D eigenvalue weighted by molar-refractivity contribution is 5.56. The minimum atomic E-state index is 0.562. The molecule has 0 saturated carbocycles. The molecule has 190 valence electrons. The van der Waals surface area contributed by atoms with Gasteiger partial charge in [0.25, 0.3) is 0 Å². The van der Waals surface area contributed by atoms with Crippen LogP contribution in [0.4, 0.5) is 11.6 Å². The largest absolute Gasteiger partial charge is 0.385 e. The summed E-state index contributed by atoms with van der Waals surface area (Å²) in [6.45, 7) is 8.54. The van der Waals surface area contributed by atoms with E-state index in [0.717, 1.165) is 43.7 Å². The molecule has 0 spiro atoms. The molecule has 0 fully saturated rings. The van der Waals surface area contributed by atoms with E-state index >= 15 is 0 Å². The molecule has 5 nitrogen and oxygen atoms in total. The van der Waals surface area contributed by atoms with E-state index in [1.807, 2.05) is 12.3 Å². The molecule has 35 heavy (non-hydrogen) atoms. The SMILES string of the molecule is CCCC(CCC)NCc1ccnc(Nc2ccc(CC)c(CCCCNC3=CCCC=C3)c2)n1. The minimum absolute atomic E-state index is 0.562. The van der Waals surface area contributed by atoms with Gasteiger partial charge in [0.15, 0.2) is 0 Å². The van der Waals surface area contributed by atoms with Crippen LogP contribution in [0.5, 0.6) is 0 Å². The van der Waals surface area contributed by atoms with E-state index in [0.29, 0.717) is 12.0 Å². The van der Waals surface area contributed by atoms with E-state index in [-0.39, 0.29) is 0 Å². The Bertz CT molecular complexity index is 944. The van der Waals surface area contributed by atoms with Gasteiger partial charge in [-0.05, 0) is 86.8 Å². The number of unbranched alkanes of at least 4 members (excludes halogenated alkanes) is 1. The number of benzene rings is 1. The van der Waals surface area contributed by atoms with Crippen LogP contribution in [0, 0.1) is 0 Å². The fourth-order valence-electron chi connectivity index (χ4n) is 4.68. The summed E-state index contributed by atoms with van der Waals surface area (Å²) in [4.78, 5) is 9.23. The van der Waals surface area contributed by atoms with Crippen molar-refractivity contribution in [2.45, 2.75) is 97.6 Å². The number of allylic oxidation sites excluding steroid dienone is 3. The van der Waals surface area contributed by atoms with Crippen LogP contribution in [0.1, 0.15) is 89.0 Å². The quantitative estimate of drug-likeness (QED) is 0.228. The average Bonchev–Trinajstić information content (AvgIpc) is 2.88. The lowest BCUT2D eigenvalue weighted by Gasteiger charge is -2.17. The normalized spacial score (nSPS) is 13.2. The minimum Gasteiger partial charge on any atom is -0.385 e. The molecule has 0 unspecified atom stereocenters. The Kier molecular flexibility index (Phi) is 11.8. The van der Waals surface area contributed by atoms with Crippen molar-refractivity contribution in [1.82, 2.24) is 20.6 Å². The van der Waals surface area contributed by atoms with Gasteiger partial charge >= 0.3 is 0 Å². The number of hydrogen-bond acceptors (Lipinski definition) is 5. The highest BCUT2D eigenvalue weighted by Crippen LogP contribution is 2.21. The van der Waals surface area contributed by atoms with Crippen molar-refractivity contribution in [2.75, 3.05) is 11.9 Å². The summed E-state index contributed by atoms with van der Waals surface area (Å²) in [7, 11) is 0. The summed E-state index contributed by atoms with van der Waals surface area (Å²) in [6.07, 6.45) is 20.2. The molecule has 3 rings (SSSR count). The maximum atomic E-state index is 4.76. The van der Waals surface area contributed by atoms with E-state index in [1.165, 1.54) is 61.8 Å². The lowest BCUT2D eigenvalue weighted by atomic mass is 9.99. The second-order valence-electron chi connectivity index (χ2n) is 9.51. The summed E-state index contributed by atoms with van der Waals surface area (Å²) in [6, 6.07) is 9.25. The zero-order chi connectivity index (χ0) is 24.7. The molecule has 1 heterocycles. The van der Waals surface area contributed by atoms with Gasteiger partial charge in [-0.1, -0.05) is 51.8 Å². The molecule has 1 aromatic heterocycles. The van der Waals surface area contributed by atoms with Crippen LogP contribution in [-0.4, -0.2) is 22.6 Å². The summed E-state index contributed by atoms with van der Waals surface area (Å²) in [5, 5.41) is 10.7. The summed E-state index contributed by atoms with van der Waals surface area (Å²) >= 11 is 0. The maximum absolute atomic E-state index is 4.76. The zero-order valence-electron chi connectivity index (χ0n) is 22.1. The van der Waals surface area contributed by atoms with Gasteiger partial charge in [-0.25, -0.2) is 9.97 Å². The fourth-order valence-corrected chi connectivity index (χ4v) is 4.68. The van der Waals surface area contributed by atoms with Crippen molar-refractivity contribution in [3.63, 3.8) is 0 Å². The second-order valence-corrected chi connectivity index (χ2v) is 9.51. The van der Waals surface area contributed by atoms with Crippen molar-refractivity contribution in [3.8, 4) is 0 Å². The third-order valence-electron chi connectivity index (χ3n) is 6.60. The molecule has 0 amide bonds. The first-order chi connectivity index (χ1) is 17.2. The molecule has 1 aliphatic carbocycles. The Balaban J connectivity index is 1.53. The van der Waals surface area contributed by atoms with Gasteiger partial charge < -0.3 is 16.0 Å². The molecule has 0 atom stereocenters. The number of anilines is 2. The number of rotatable bonds is 16. The first-order valence-corrected chi connectivity index (χ1v) is 13.8. The lowest BCUT2D eigenvalue weighted by Crippen LogP contribution is -2.28. The monoisotopic (exact) mass is 475 g/mol. The smallest absolute Gasteiger partial charge is 0.227 e. The van der Waals surface area contributed by atoms with E-state index in [1.54, 1.807) is 0 Å². The van der Waals surface area contributed by atoms with Crippen molar-refractivity contribution < 1.29 is 0 Å². The highest BCUT2D eigenvalue weighted by Gasteiger charge is 2.08. The second kappa shape index (κ2) is 15.4. The average molecular weight is 476 g/mol. The number of aryl methyl sites for hydroxylation is 2. The van der Waals surface area contributed by atoms with Gasteiger partial charge in [0, 0.05) is 36.7 Å². The Labute approximate surface area is 212 Å². The molecule has 5 heteroatoms. The predicted octanol–water partition coefficient (Wildman–Crippen LogP) is 6.99. The van der Waals surface area contributed by atoms with Gasteiger partial charge in [0.2, 0.25) is 5.95 Å². The highest BCUT2D eigenvalue weighted by atomic mass is 15.1.